The zero-order valence-corrected chi connectivity index (χ0v) is 12.7. The molecule has 23 heavy (non-hydrogen) atoms. The van der Waals surface area contributed by atoms with Crippen LogP contribution < -0.4 is 5.56 Å². The summed E-state index contributed by atoms with van der Waals surface area (Å²) in [6, 6.07) is 9.72. The molecule has 0 bridgehead atoms. The Balaban J connectivity index is 2.30. The number of hydrogen-bond donors (Lipinski definition) is 1. The van der Waals surface area contributed by atoms with Crippen LogP contribution in [0.1, 0.15) is 30.2 Å². The predicted molar refractivity (Wildman–Crippen MR) is 86.6 cm³/mol. The van der Waals surface area contributed by atoms with Gasteiger partial charge in [-0.3, -0.25) is 9.78 Å². The van der Waals surface area contributed by atoms with Gasteiger partial charge in [-0.1, -0.05) is 12.1 Å². The van der Waals surface area contributed by atoms with Gasteiger partial charge in [0.05, 0.1) is 17.0 Å². The van der Waals surface area contributed by atoms with Crippen LogP contribution in [0.25, 0.3) is 22.2 Å². The number of rotatable bonds is 3. The Hall–Kier alpha value is -3.02. The highest BCUT2D eigenvalue weighted by atomic mass is 16.4. The van der Waals surface area contributed by atoms with E-state index in [2.05, 4.69) is 10.1 Å². The van der Waals surface area contributed by atoms with Crippen LogP contribution in [0.15, 0.2) is 47.4 Å². The number of nitrogens with zero attached hydrogens (tertiary/aromatic N) is 3. The molecular formula is C17H15N3O3. The highest BCUT2D eigenvalue weighted by Crippen LogP contribution is 2.24. The molecule has 1 aromatic carbocycles. The second kappa shape index (κ2) is 5.64. The molecule has 0 spiro atoms. The number of aromatic carboxylic acids is 1. The molecule has 3 aromatic rings. The van der Waals surface area contributed by atoms with Gasteiger partial charge in [-0.25, -0.2) is 9.48 Å². The first-order valence-corrected chi connectivity index (χ1v) is 7.20. The highest BCUT2D eigenvalue weighted by molar-refractivity contribution is 5.92. The van der Waals surface area contributed by atoms with Gasteiger partial charge in [-0.05, 0) is 38.1 Å². The predicted octanol–water partition coefficient (Wildman–Crippen LogP) is 2.74. The largest absolute Gasteiger partial charge is 0.478 e. The molecule has 1 N–H and O–H groups in total. The van der Waals surface area contributed by atoms with Crippen LogP contribution in [-0.2, 0) is 0 Å². The number of carbonyl (C=O) groups is 1. The number of hydrogen-bond acceptors (Lipinski definition) is 4. The lowest BCUT2D eigenvalue weighted by atomic mass is 10.1. The van der Waals surface area contributed by atoms with Crippen molar-refractivity contribution < 1.29 is 9.90 Å². The van der Waals surface area contributed by atoms with Crippen LogP contribution in [0.4, 0.5) is 0 Å². The molecule has 0 aliphatic carbocycles. The fourth-order valence-electron chi connectivity index (χ4n) is 2.41. The van der Waals surface area contributed by atoms with Gasteiger partial charge in [0.15, 0.2) is 0 Å². The quantitative estimate of drug-likeness (QED) is 0.804. The average molecular weight is 309 g/mol. The average Bonchev–Trinajstić information content (AvgIpc) is 2.55. The summed E-state index contributed by atoms with van der Waals surface area (Å²) in [6.45, 7) is 3.77. The van der Waals surface area contributed by atoms with Crippen molar-refractivity contribution in [2.75, 3.05) is 0 Å². The number of fused-ring (bicyclic) bond motifs is 1. The van der Waals surface area contributed by atoms with Gasteiger partial charge in [0.1, 0.15) is 11.2 Å². The van der Waals surface area contributed by atoms with Crippen LogP contribution in [0, 0.1) is 0 Å². The van der Waals surface area contributed by atoms with Crippen molar-refractivity contribution in [2.24, 2.45) is 0 Å². The fourth-order valence-corrected chi connectivity index (χ4v) is 2.41. The molecule has 0 amide bonds. The molecule has 0 radical (unpaired) electrons. The summed E-state index contributed by atoms with van der Waals surface area (Å²) >= 11 is 0. The Labute approximate surface area is 132 Å². The lowest BCUT2D eigenvalue weighted by molar-refractivity contribution is 0.0697. The minimum atomic E-state index is -0.986. The first-order chi connectivity index (χ1) is 11.0. The maximum absolute atomic E-state index is 12.5. The van der Waals surface area contributed by atoms with Crippen LogP contribution in [0.5, 0.6) is 0 Å². The second-order valence-corrected chi connectivity index (χ2v) is 5.47. The van der Waals surface area contributed by atoms with Gasteiger partial charge in [-0.2, -0.15) is 5.10 Å². The second-order valence-electron chi connectivity index (χ2n) is 5.47. The Bertz CT molecular complexity index is 943. The lowest BCUT2D eigenvalue weighted by Crippen LogP contribution is -2.25. The number of benzene rings is 1. The normalized spacial score (nSPS) is 11.1. The van der Waals surface area contributed by atoms with Crippen molar-refractivity contribution in [1.29, 1.82) is 0 Å². The van der Waals surface area contributed by atoms with Gasteiger partial charge in [0.2, 0.25) is 0 Å². The third-order valence-corrected chi connectivity index (χ3v) is 3.57. The van der Waals surface area contributed by atoms with E-state index in [1.807, 2.05) is 13.8 Å². The third-order valence-electron chi connectivity index (χ3n) is 3.57. The first kappa shape index (κ1) is 14.9. The van der Waals surface area contributed by atoms with Crippen molar-refractivity contribution in [3.63, 3.8) is 0 Å². The minimum Gasteiger partial charge on any atom is -0.478 e. The van der Waals surface area contributed by atoms with Gasteiger partial charge in [0.25, 0.3) is 5.56 Å². The summed E-state index contributed by atoms with van der Waals surface area (Å²) in [7, 11) is 0. The fraction of sp³-hybridized carbons (Fsp3) is 0.176. The van der Waals surface area contributed by atoms with Gasteiger partial charge < -0.3 is 5.11 Å². The van der Waals surface area contributed by atoms with Crippen molar-refractivity contribution in [1.82, 2.24) is 14.8 Å². The number of carboxylic acid groups (broad SMARTS) is 1. The van der Waals surface area contributed by atoms with Gasteiger partial charge >= 0.3 is 5.97 Å². The SMILES string of the molecule is CC(C)n1nc(-c2ccc(C(=O)O)cc2)c2ncccc2c1=O. The van der Waals surface area contributed by atoms with E-state index in [-0.39, 0.29) is 17.2 Å². The summed E-state index contributed by atoms with van der Waals surface area (Å²) in [5.41, 5.74) is 1.80. The molecule has 0 aliphatic rings. The Morgan fingerprint density at radius 2 is 1.87 bits per heavy atom. The molecule has 0 unspecified atom stereocenters. The molecule has 6 nitrogen and oxygen atoms in total. The molecule has 0 saturated heterocycles. The number of carboxylic acids is 1. The van der Waals surface area contributed by atoms with E-state index in [1.54, 1.807) is 30.5 Å². The molecular weight excluding hydrogens is 294 g/mol. The maximum Gasteiger partial charge on any atom is 0.335 e. The lowest BCUT2D eigenvalue weighted by Gasteiger charge is -2.13. The van der Waals surface area contributed by atoms with E-state index in [9.17, 15) is 9.59 Å². The van der Waals surface area contributed by atoms with Crippen molar-refractivity contribution >= 4 is 16.9 Å². The topological polar surface area (TPSA) is 85.1 Å². The summed E-state index contributed by atoms with van der Waals surface area (Å²) in [6.07, 6.45) is 1.61. The molecule has 2 heterocycles. The van der Waals surface area contributed by atoms with Crippen LogP contribution in [-0.4, -0.2) is 25.8 Å². The highest BCUT2D eigenvalue weighted by Gasteiger charge is 2.15. The smallest absolute Gasteiger partial charge is 0.335 e. The summed E-state index contributed by atoms with van der Waals surface area (Å²) in [5.74, 6) is -0.986. The zero-order chi connectivity index (χ0) is 16.6. The Morgan fingerprint density at radius 3 is 2.48 bits per heavy atom. The molecule has 0 saturated carbocycles. The molecule has 0 aliphatic heterocycles. The van der Waals surface area contributed by atoms with E-state index in [0.29, 0.717) is 22.2 Å². The van der Waals surface area contributed by atoms with E-state index >= 15 is 0 Å². The van der Waals surface area contributed by atoms with E-state index < -0.39 is 5.97 Å². The zero-order valence-electron chi connectivity index (χ0n) is 12.7. The number of pyridine rings is 1. The number of aromatic nitrogens is 3. The third kappa shape index (κ3) is 2.59. The van der Waals surface area contributed by atoms with Gasteiger partial charge in [-0.15, -0.1) is 0 Å². The maximum atomic E-state index is 12.5. The van der Waals surface area contributed by atoms with E-state index in [0.717, 1.165) is 0 Å². The Kier molecular flexibility index (Phi) is 3.65. The molecule has 0 fully saturated rings. The van der Waals surface area contributed by atoms with Crippen molar-refractivity contribution in [2.45, 2.75) is 19.9 Å². The summed E-state index contributed by atoms with van der Waals surface area (Å²) in [4.78, 5) is 27.7. The van der Waals surface area contributed by atoms with Crippen molar-refractivity contribution in [3.8, 4) is 11.3 Å². The monoisotopic (exact) mass is 309 g/mol. The molecule has 116 valence electrons. The van der Waals surface area contributed by atoms with Crippen molar-refractivity contribution in [3.05, 3.63) is 58.5 Å². The van der Waals surface area contributed by atoms with E-state index in [4.69, 9.17) is 5.11 Å². The molecule has 0 atom stereocenters. The van der Waals surface area contributed by atoms with Crippen LogP contribution in [0.2, 0.25) is 0 Å². The molecule has 6 heteroatoms. The standard InChI is InChI=1S/C17H15N3O3/c1-10(2)20-16(21)13-4-3-9-18-15(13)14(19-20)11-5-7-12(8-6-11)17(22)23/h3-10H,1-2H3,(H,22,23). The van der Waals surface area contributed by atoms with Crippen LogP contribution in [0.3, 0.4) is 0 Å². The first-order valence-electron chi connectivity index (χ1n) is 7.20. The van der Waals surface area contributed by atoms with E-state index in [1.165, 1.54) is 16.8 Å². The molecule has 2 aromatic heterocycles. The summed E-state index contributed by atoms with van der Waals surface area (Å²) < 4.78 is 1.42. The molecule has 3 rings (SSSR count). The van der Waals surface area contributed by atoms with Gasteiger partial charge in [0, 0.05) is 11.8 Å². The Morgan fingerprint density at radius 1 is 1.17 bits per heavy atom. The summed E-state index contributed by atoms with van der Waals surface area (Å²) in [5, 5.41) is 13.9. The van der Waals surface area contributed by atoms with Crippen LogP contribution >= 0.6 is 0 Å². The minimum absolute atomic E-state index is 0.0934.